The van der Waals surface area contributed by atoms with Crippen LogP contribution in [0.5, 0.6) is 5.75 Å². The van der Waals surface area contributed by atoms with Crippen LogP contribution in [0, 0.1) is 0 Å². The number of halogens is 1. The number of hydrogen-bond donors (Lipinski definition) is 2. The number of nitrogens with one attached hydrogen (secondary N) is 2. The first-order chi connectivity index (χ1) is 19.0. The molecule has 0 aliphatic carbocycles. The van der Waals surface area contributed by atoms with Crippen LogP contribution in [0.3, 0.4) is 0 Å². The van der Waals surface area contributed by atoms with Crippen LogP contribution < -0.4 is 15.4 Å². The minimum atomic E-state index is -0.329. The maximum Gasteiger partial charge on any atom is 0.323 e. The molecule has 0 radical (unpaired) electrons. The number of carbonyl (C=O) groups is 1. The number of nitrogens with zero attached hydrogens (tertiary/aromatic N) is 1. The number of allylic oxidation sites excluding steroid dienone is 1. The van der Waals surface area contributed by atoms with E-state index in [4.69, 9.17) is 16.3 Å². The van der Waals surface area contributed by atoms with Crippen LogP contribution in [0.2, 0.25) is 5.02 Å². The smallest absolute Gasteiger partial charge is 0.323 e. The average molecular weight is 572 g/mol. The second-order valence-corrected chi connectivity index (χ2v) is 12.0. The number of rotatable bonds is 18. The van der Waals surface area contributed by atoms with Crippen LogP contribution in [0.25, 0.3) is 0 Å². The van der Waals surface area contributed by atoms with Gasteiger partial charge in [0.05, 0.1) is 23.2 Å². The zero-order chi connectivity index (χ0) is 27.7. The number of unbranched alkanes of at least 4 members (excludes halogenated alkanes) is 11. The Morgan fingerprint density at radius 1 is 0.897 bits per heavy atom. The van der Waals surface area contributed by atoms with Crippen molar-refractivity contribution in [3.05, 3.63) is 64.2 Å². The fraction of sp³-hybridized carbons (Fsp3) is 0.531. The van der Waals surface area contributed by atoms with Gasteiger partial charge in [-0.05, 0) is 48.1 Å². The average Bonchev–Trinajstić information content (AvgIpc) is 3.33. The summed E-state index contributed by atoms with van der Waals surface area (Å²) in [6, 6.07) is 13.0. The lowest BCUT2D eigenvalue weighted by Gasteiger charge is -2.15. The van der Waals surface area contributed by atoms with Gasteiger partial charge in [0.15, 0.2) is 0 Å². The normalized spacial score (nSPS) is 12.9. The quantitative estimate of drug-likeness (QED) is 0.175. The molecule has 0 bridgehead atoms. The molecule has 2 N–H and O–H groups in total. The number of urea groups is 1. The molecule has 1 heterocycles. The molecule has 214 valence electrons. The summed E-state index contributed by atoms with van der Waals surface area (Å²) in [5.74, 6) is 1.71. The van der Waals surface area contributed by atoms with Crippen molar-refractivity contribution in [2.45, 2.75) is 97.4 Å². The number of benzene rings is 2. The molecule has 0 atom stereocenters. The van der Waals surface area contributed by atoms with E-state index >= 15 is 0 Å². The van der Waals surface area contributed by atoms with Gasteiger partial charge in [-0.2, -0.15) is 0 Å². The molecule has 0 unspecified atom stereocenters. The van der Waals surface area contributed by atoms with E-state index in [-0.39, 0.29) is 6.03 Å². The molecule has 1 aliphatic rings. The Morgan fingerprint density at radius 3 is 2.13 bits per heavy atom. The molecule has 1 aliphatic heterocycles. The summed E-state index contributed by atoms with van der Waals surface area (Å²) in [7, 11) is 0. The van der Waals surface area contributed by atoms with Gasteiger partial charge in [-0.25, -0.2) is 4.79 Å². The minimum Gasteiger partial charge on any atom is -0.494 e. The molecule has 2 aromatic rings. The third kappa shape index (κ3) is 12.6. The summed E-state index contributed by atoms with van der Waals surface area (Å²) in [6.07, 6.45) is 18.1. The van der Waals surface area contributed by atoms with E-state index in [1.807, 2.05) is 42.1 Å². The number of anilines is 2. The lowest BCUT2D eigenvalue weighted by molar-refractivity contribution is 0.262. The van der Waals surface area contributed by atoms with Crippen molar-refractivity contribution >= 4 is 40.8 Å². The summed E-state index contributed by atoms with van der Waals surface area (Å²) in [6.45, 7) is 5.94. The molecule has 7 heteroatoms. The van der Waals surface area contributed by atoms with Crippen molar-refractivity contribution in [2.75, 3.05) is 23.1 Å². The topological polar surface area (TPSA) is 53.6 Å². The Labute approximate surface area is 245 Å². The van der Waals surface area contributed by atoms with Gasteiger partial charge >= 0.3 is 6.03 Å². The van der Waals surface area contributed by atoms with Crippen molar-refractivity contribution in [3.63, 3.8) is 0 Å². The molecule has 2 aromatic carbocycles. The predicted octanol–water partition coefficient (Wildman–Crippen LogP) is 10.4. The monoisotopic (exact) mass is 571 g/mol. The lowest BCUT2D eigenvalue weighted by Crippen LogP contribution is -2.19. The molecule has 5 nitrogen and oxygen atoms in total. The van der Waals surface area contributed by atoms with Crippen molar-refractivity contribution < 1.29 is 9.53 Å². The van der Waals surface area contributed by atoms with Crippen LogP contribution in [0.15, 0.2) is 53.6 Å². The number of amides is 2. The Hall–Kier alpha value is -2.31. The molecular weight excluding hydrogens is 526 g/mol. The zero-order valence-corrected chi connectivity index (χ0v) is 25.3. The molecule has 0 aromatic heterocycles. The first-order valence-electron chi connectivity index (χ1n) is 14.7. The summed E-state index contributed by atoms with van der Waals surface area (Å²) in [5, 5.41) is 6.15. The molecule has 39 heavy (non-hydrogen) atoms. The Balaban J connectivity index is 1.27. The summed E-state index contributed by atoms with van der Waals surface area (Å²) in [5.41, 5.74) is 2.49. The number of thioether (sulfide) groups is 1. The highest BCUT2D eigenvalue weighted by Gasteiger charge is 2.11. The first kappa shape index (κ1) is 31.2. The van der Waals surface area contributed by atoms with E-state index in [2.05, 4.69) is 35.6 Å². The van der Waals surface area contributed by atoms with Crippen molar-refractivity contribution in [1.82, 2.24) is 4.90 Å². The van der Waals surface area contributed by atoms with E-state index in [1.54, 1.807) is 12.1 Å². The van der Waals surface area contributed by atoms with Gasteiger partial charge in [-0.1, -0.05) is 101 Å². The molecule has 0 saturated heterocycles. The van der Waals surface area contributed by atoms with Crippen LogP contribution >= 0.6 is 23.4 Å². The number of carbonyl (C=O) groups excluding carboxylic acids is 1. The van der Waals surface area contributed by atoms with Crippen molar-refractivity contribution in [2.24, 2.45) is 0 Å². The van der Waals surface area contributed by atoms with Gasteiger partial charge in [0.1, 0.15) is 5.75 Å². The van der Waals surface area contributed by atoms with Crippen LogP contribution in [-0.2, 0) is 6.54 Å². The fourth-order valence-corrected chi connectivity index (χ4v) is 5.62. The van der Waals surface area contributed by atoms with E-state index < -0.39 is 0 Å². The zero-order valence-electron chi connectivity index (χ0n) is 23.8. The van der Waals surface area contributed by atoms with Crippen LogP contribution in [0.1, 0.15) is 96.5 Å². The maximum absolute atomic E-state index is 12.5. The van der Waals surface area contributed by atoms with Gasteiger partial charge in [-0.3, -0.25) is 0 Å². The molecule has 0 spiro atoms. The highest BCUT2D eigenvalue weighted by Crippen LogP contribution is 2.28. The molecule has 2 amide bonds. The van der Waals surface area contributed by atoms with E-state index in [0.717, 1.165) is 30.3 Å². The second kappa shape index (κ2) is 18.1. The van der Waals surface area contributed by atoms with Gasteiger partial charge in [0.2, 0.25) is 0 Å². The van der Waals surface area contributed by atoms with E-state index in [0.29, 0.717) is 17.3 Å². The van der Waals surface area contributed by atoms with Gasteiger partial charge in [-0.15, -0.1) is 11.8 Å². The van der Waals surface area contributed by atoms with Crippen molar-refractivity contribution in [3.8, 4) is 5.75 Å². The molecule has 0 fully saturated rings. The van der Waals surface area contributed by atoms with Crippen molar-refractivity contribution in [1.29, 1.82) is 0 Å². The van der Waals surface area contributed by atoms with E-state index in [9.17, 15) is 4.79 Å². The fourth-order valence-electron chi connectivity index (χ4n) is 4.64. The molecule has 0 saturated carbocycles. The first-order valence-corrected chi connectivity index (χ1v) is 16.0. The largest absolute Gasteiger partial charge is 0.494 e. The third-order valence-electron chi connectivity index (χ3n) is 6.88. The second-order valence-electron chi connectivity index (χ2n) is 10.4. The highest BCUT2D eigenvalue weighted by molar-refractivity contribution is 8.03. The predicted molar refractivity (Wildman–Crippen MR) is 169 cm³/mol. The highest BCUT2D eigenvalue weighted by atomic mass is 35.5. The van der Waals surface area contributed by atoms with Crippen LogP contribution in [0.4, 0.5) is 16.2 Å². The Kier molecular flexibility index (Phi) is 14.5. The summed E-state index contributed by atoms with van der Waals surface area (Å²) < 4.78 is 5.88. The van der Waals surface area contributed by atoms with E-state index in [1.165, 1.54) is 81.1 Å². The van der Waals surface area contributed by atoms with Gasteiger partial charge < -0.3 is 20.3 Å². The third-order valence-corrected chi connectivity index (χ3v) is 8.21. The molecular formula is C32H46ClN3O2S. The van der Waals surface area contributed by atoms with Gasteiger partial charge in [0.25, 0.3) is 0 Å². The lowest BCUT2D eigenvalue weighted by atomic mass is 10.1. The maximum atomic E-state index is 12.5. The standard InChI is InChI=1S/C32H46ClN3O2S/c1-3-4-5-6-7-8-9-10-11-12-13-14-21-38-29-19-20-31(30(33)22-29)35-32(37)34-28-17-15-27(16-18-28)24-36-23-26(2)39-25-36/h15-20,22-23H,3-14,21,24-25H2,1-2H3,(H2,34,35,37). The number of ether oxygens (including phenoxy) is 1. The Morgan fingerprint density at radius 2 is 1.54 bits per heavy atom. The van der Waals surface area contributed by atoms with Crippen LogP contribution in [-0.4, -0.2) is 23.4 Å². The SMILES string of the molecule is CCCCCCCCCCCCCCOc1ccc(NC(=O)Nc2ccc(CN3C=C(C)SC3)cc2)c(Cl)c1. The molecule has 3 rings (SSSR count). The number of hydrogen-bond acceptors (Lipinski definition) is 4. The Bertz CT molecular complexity index is 1030. The minimum absolute atomic E-state index is 0.329. The summed E-state index contributed by atoms with van der Waals surface area (Å²) in [4.78, 5) is 16.1. The summed E-state index contributed by atoms with van der Waals surface area (Å²) >= 11 is 8.27. The van der Waals surface area contributed by atoms with Gasteiger partial charge in [0, 0.05) is 24.5 Å².